The van der Waals surface area contributed by atoms with Crippen LogP contribution in [0.4, 0.5) is 0 Å². The van der Waals surface area contributed by atoms with Crippen LogP contribution in [0.2, 0.25) is 0 Å². The molecule has 0 aromatic heterocycles. The molecular weight excluding hydrogens is 131 g/mol. The number of hydrogen-bond acceptors (Lipinski definition) is 3. The van der Waals surface area contributed by atoms with Crippen molar-refractivity contribution in [2.24, 2.45) is 11.5 Å². The van der Waals surface area contributed by atoms with Crippen molar-refractivity contribution >= 4 is 7.60 Å². The lowest BCUT2D eigenvalue weighted by molar-refractivity contribution is 0.369. The molecule has 0 saturated carbocycles. The van der Waals surface area contributed by atoms with Crippen LogP contribution in [0.1, 0.15) is 0 Å². The maximum atomic E-state index is 9.98. The van der Waals surface area contributed by atoms with Crippen molar-refractivity contribution in [3.8, 4) is 0 Å². The van der Waals surface area contributed by atoms with Crippen molar-refractivity contribution in [1.29, 1.82) is 0 Å². The molecule has 0 aromatic carbocycles. The molecule has 0 aromatic rings. The van der Waals surface area contributed by atoms with Crippen molar-refractivity contribution in [1.82, 2.24) is 0 Å². The SMILES string of the molecule is NC(N)CP(=O)(O)O. The van der Waals surface area contributed by atoms with Crippen molar-refractivity contribution in [3.63, 3.8) is 0 Å². The van der Waals surface area contributed by atoms with E-state index in [1.807, 2.05) is 0 Å². The summed E-state index contributed by atoms with van der Waals surface area (Å²) >= 11 is 0. The molecule has 0 saturated heterocycles. The molecule has 0 unspecified atom stereocenters. The summed E-state index contributed by atoms with van der Waals surface area (Å²) in [5, 5.41) is 0. The molecule has 6 N–H and O–H groups in total. The van der Waals surface area contributed by atoms with Gasteiger partial charge in [-0.15, -0.1) is 0 Å². The predicted molar refractivity (Wildman–Crippen MR) is 29.1 cm³/mol. The molecule has 50 valence electrons. The molecule has 6 heteroatoms. The van der Waals surface area contributed by atoms with Crippen LogP contribution in [0.3, 0.4) is 0 Å². The highest BCUT2D eigenvalue weighted by atomic mass is 31.2. The summed E-state index contributed by atoms with van der Waals surface area (Å²) < 4.78 is 9.98. The van der Waals surface area contributed by atoms with Crippen LogP contribution < -0.4 is 11.5 Å². The molecule has 0 fully saturated rings. The lowest BCUT2D eigenvalue weighted by Gasteiger charge is -2.04. The topological polar surface area (TPSA) is 110 Å². The predicted octanol–water partition coefficient (Wildman–Crippen LogP) is -1.59. The zero-order chi connectivity index (χ0) is 6.78. The standard InChI is InChI=1S/C2H9N2O3P/c3-2(4)1-8(5,6)7/h2H,1,3-4H2,(H2,5,6,7). The molecule has 0 radical (unpaired) electrons. The van der Waals surface area contributed by atoms with Gasteiger partial charge >= 0.3 is 7.60 Å². The van der Waals surface area contributed by atoms with E-state index in [9.17, 15) is 4.57 Å². The third-order valence-corrected chi connectivity index (χ3v) is 1.35. The molecule has 0 aliphatic rings. The second kappa shape index (κ2) is 2.57. The Morgan fingerprint density at radius 2 is 1.88 bits per heavy atom. The quantitative estimate of drug-likeness (QED) is 0.273. The molecular formula is C2H9N2O3P. The van der Waals surface area contributed by atoms with Gasteiger partial charge in [-0.05, 0) is 0 Å². The van der Waals surface area contributed by atoms with Gasteiger partial charge in [-0.1, -0.05) is 0 Å². The summed E-state index contributed by atoms with van der Waals surface area (Å²) in [6, 6.07) is 0. The maximum absolute atomic E-state index is 9.98. The van der Waals surface area contributed by atoms with Crippen molar-refractivity contribution < 1.29 is 14.4 Å². The molecule has 0 aliphatic heterocycles. The average Bonchev–Trinajstić information content (AvgIpc) is 1.21. The third kappa shape index (κ3) is 6.07. The first-order valence-electron chi connectivity index (χ1n) is 1.97. The minimum Gasteiger partial charge on any atom is -0.324 e. The fourth-order valence-electron chi connectivity index (χ4n) is 0.275. The minimum atomic E-state index is -3.97. The van der Waals surface area contributed by atoms with Gasteiger partial charge in [0.15, 0.2) is 0 Å². The lowest BCUT2D eigenvalue weighted by Crippen LogP contribution is -2.33. The van der Waals surface area contributed by atoms with Crippen LogP contribution in [0.15, 0.2) is 0 Å². The normalized spacial score (nSPS) is 12.6. The molecule has 0 aliphatic carbocycles. The Kier molecular flexibility index (Phi) is 2.59. The Labute approximate surface area is 46.8 Å². The van der Waals surface area contributed by atoms with E-state index in [1.165, 1.54) is 0 Å². The van der Waals surface area contributed by atoms with Crippen LogP contribution in [-0.2, 0) is 4.57 Å². The molecule has 0 rings (SSSR count). The Hall–Kier alpha value is 0.0700. The monoisotopic (exact) mass is 140 g/mol. The van der Waals surface area contributed by atoms with Gasteiger partial charge in [-0.25, -0.2) is 0 Å². The summed E-state index contributed by atoms with van der Waals surface area (Å²) in [5.74, 6) is 0. The van der Waals surface area contributed by atoms with Gasteiger partial charge in [0.1, 0.15) is 0 Å². The Morgan fingerprint density at radius 1 is 1.50 bits per heavy atom. The summed E-state index contributed by atoms with van der Waals surface area (Å²) in [6.07, 6.45) is -1.37. The molecule has 0 atom stereocenters. The van der Waals surface area contributed by atoms with E-state index in [4.69, 9.17) is 21.3 Å². The van der Waals surface area contributed by atoms with Gasteiger partial charge in [0.2, 0.25) is 0 Å². The Balaban J connectivity index is 3.56. The lowest BCUT2D eigenvalue weighted by atomic mass is 10.7. The second-order valence-electron chi connectivity index (χ2n) is 1.51. The van der Waals surface area contributed by atoms with Gasteiger partial charge in [-0.2, -0.15) is 0 Å². The zero-order valence-corrected chi connectivity index (χ0v) is 5.08. The van der Waals surface area contributed by atoms with Crippen LogP contribution in [0.25, 0.3) is 0 Å². The Morgan fingerprint density at radius 3 is 1.88 bits per heavy atom. The van der Waals surface area contributed by atoms with Crippen molar-refractivity contribution in [2.75, 3.05) is 6.16 Å². The summed E-state index contributed by atoms with van der Waals surface area (Å²) in [7, 11) is -3.97. The van der Waals surface area contributed by atoms with E-state index in [1.54, 1.807) is 0 Å². The summed E-state index contributed by atoms with van der Waals surface area (Å²) in [4.78, 5) is 16.3. The molecule has 8 heavy (non-hydrogen) atoms. The fraction of sp³-hybridized carbons (Fsp3) is 1.00. The first-order chi connectivity index (χ1) is 3.42. The van der Waals surface area contributed by atoms with Crippen LogP contribution >= 0.6 is 7.60 Å². The van der Waals surface area contributed by atoms with Gasteiger partial charge < -0.3 is 21.3 Å². The third-order valence-electron chi connectivity index (χ3n) is 0.449. The van der Waals surface area contributed by atoms with E-state index in [0.717, 1.165) is 0 Å². The zero-order valence-electron chi connectivity index (χ0n) is 4.19. The van der Waals surface area contributed by atoms with Crippen LogP contribution in [0.5, 0.6) is 0 Å². The minimum absolute atomic E-state index is 0.451. The molecule has 0 amide bonds. The van der Waals surface area contributed by atoms with E-state index in [-0.39, 0.29) is 0 Å². The fourth-order valence-corrected chi connectivity index (χ4v) is 0.824. The van der Waals surface area contributed by atoms with Crippen molar-refractivity contribution in [2.45, 2.75) is 6.17 Å². The number of rotatable bonds is 2. The Bertz CT molecular complexity index is 108. The number of hydrogen-bond donors (Lipinski definition) is 4. The molecule has 5 nitrogen and oxygen atoms in total. The smallest absolute Gasteiger partial charge is 0.324 e. The largest absolute Gasteiger partial charge is 0.328 e. The van der Waals surface area contributed by atoms with Gasteiger partial charge in [0.05, 0.1) is 12.3 Å². The van der Waals surface area contributed by atoms with E-state index in [0.29, 0.717) is 0 Å². The average molecular weight is 140 g/mol. The van der Waals surface area contributed by atoms with E-state index in [2.05, 4.69) is 0 Å². The van der Waals surface area contributed by atoms with Crippen LogP contribution in [0, 0.1) is 0 Å². The van der Waals surface area contributed by atoms with Crippen LogP contribution in [-0.4, -0.2) is 22.1 Å². The molecule has 0 spiro atoms. The number of nitrogens with two attached hydrogens (primary N) is 2. The second-order valence-corrected chi connectivity index (χ2v) is 3.21. The first kappa shape index (κ1) is 8.07. The summed E-state index contributed by atoms with van der Waals surface area (Å²) in [5.41, 5.74) is 9.73. The van der Waals surface area contributed by atoms with Crippen molar-refractivity contribution in [3.05, 3.63) is 0 Å². The highest BCUT2D eigenvalue weighted by Gasteiger charge is 2.14. The maximum Gasteiger partial charge on any atom is 0.328 e. The highest BCUT2D eigenvalue weighted by Crippen LogP contribution is 2.33. The highest BCUT2D eigenvalue weighted by molar-refractivity contribution is 7.51. The first-order valence-corrected chi connectivity index (χ1v) is 3.77. The van der Waals surface area contributed by atoms with Gasteiger partial charge in [0.25, 0.3) is 0 Å². The van der Waals surface area contributed by atoms with Gasteiger partial charge in [-0.3, -0.25) is 4.57 Å². The van der Waals surface area contributed by atoms with E-state index < -0.39 is 19.9 Å². The van der Waals surface area contributed by atoms with E-state index >= 15 is 0 Å². The molecule has 0 heterocycles. The van der Waals surface area contributed by atoms with Gasteiger partial charge in [0, 0.05) is 0 Å². The summed E-state index contributed by atoms with van der Waals surface area (Å²) in [6.45, 7) is 0. The molecule has 0 bridgehead atoms.